The van der Waals surface area contributed by atoms with Crippen molar-refractivity contribution in [3.8, 4) is 0 Å². The number of aliphatic imine (C=N–C) groups is 1. The first-order chi connectivity index (χ1) is 12.4. The summed E-state index contributed by atoms with van der Waals surface area (Å²) in [6, 6.07) is 4.61. The summed E-state index contributed by atoms with van der Waals surface area (Å²) >= 11 is 1.82. The molecule has 0 radical (unpaired) electrons. The lowest BCUT2D eigenvalue weighted by Gasteiger charge is -2.19. The second kappa shape index (κ2) is 9.76. The van der Waals surface area contributed by atoms with Crippen molar-refractivity contribution in [1.82, 2.24) is 20.4 Å². The number of rotatable bonds is 8. The molecular weight excluding hydrogens is 342 g/mol. The maximum atomic E-state index is 4.80. The fourth-order valence-corrected chi connectivity index (χ4v) is 3.98. The fourth-order valence-electron chi connectivity index (χ4n) is 3.11. The second-order valence-electron chi connectivity index (χ2n) is 7.13. The van der Waals surface area contributed by atoms with Crippen LogP contribution in [0.1, 0.15) is 42.6 Å². The summed E-state index contributed by atoms with van der Waals surface area (Å²) < 4.78 is 1.96. The molecule has 0 spiro atoms. The number of hydrogen-bond donors (Lipinski definition) is 2. The number of guanidine groups is 1. The molecule has 2 atom stereocenters. The summed E-state index contributed by atoms with van der Waals surface area (Å²) in [4.78, 5) is 6.24. The van der Waals surface area contributed by atoms with E-state index in [1.807, 2.05) is 23.1 Å². The van der Waals surface area contributed by atoms with Gasteiger partial charge in [-0.25, -0.2) is 0 Å². The van der Waals surface area contributed by atoms with Crippen LogP contribution in [0.2, 0.25) is 0 Å². The Bertz CT molecular complexity index is 702. The van der Waals surface area contributed by atoms with Crippen LogP contribution in [0.25, 0.3) is 0 Å². The Hall–Kier alpha value is -1.82. The normalized spacial score (nSPS) is 14.3. The molecule has 2 unspecified atom stereocenters. The lowest BCUT2D eigenvalue weighted by atomic mass is 10.1. The summed E-state index contributed by atoms with van der Waals surface area (Å²) in [5.74, 6) is 1.43. The van der Waals surface area contributed by atoms with Crippen molar-refractivity contribution < 1.29 is 0 Å². The third-order valence-electron chi connectivity index (χ3n) is 4.59. The van der Waals surface area contributed by atoms with E-state index in [0.29, 0.717) is 12.0 Å². The molecule has 0 fully saturated rings. The number of aryl methyl sites for hydroxylation is 2. The smallest absolute Gasteiger partial charge is 0.191 e. The molecule has 0 aliphatic heterocycles. The maximum Gasteiger partial charge on any atom is 0.191 e. The molecule has 0 saturated heterocycles. The van der Waals surface area contributed by atoms with Crippen LogP contribution in [0.5, 0.6) is 0 Å². The molecule has 2 aromatic heterocycles. The average Bonchev–Trinajstić information content (AvgIpc) is 3.17. The zero-order chi connectivity index (χ0) is 19.1. The molecule has 0 amide bonds. The Balaban J connectivity index is 1.93. The molecule has 2 aromatic rings. The highest BCUT2D eigenvalue weighted by atomic mass is 32.1. The van der Waals surface area contributed by atoms with Gasteiger partial charge in [0.25, 0.3) is 0 Å². The molecular formula is C20H33N5S. The van der Waals surface area contributed by atoms with E-state index in [2.05, 4.69) is 67.9 Å². The third-order valence-corrected chi connectivity index (χ3v) is 5.49. The van der Waals surface area contributed by atoms with E-state index < -0.39 is 0 Å². The van der Waals surface area contributed by atoms with E-state index in [0.717, 1.165) is 37.6 Å². The molecule has 2 N–H and O–H groups in total. The van der Waals surface area contributed by atoms with Crippen LogP contribution in [0.4, 0.5) is 0 Å². The SMILES string of the molecule is CCNC(=NCC(C)Cc1cccs1)NC(C)Cc1c(C)nn(C)c1C. The van der Waals surface area contributed by atoms with Gasteiger partial charge in [0.05, 0.1) is 5.69 Å². The van der Waals surface area contributed by atoms with Crippen LogP contribution in [0, 0.1) is 19.8 Å². The van der Waals surface area contributed by atoms with Crippen molar-refractivity contribution >= 4 is 17.3 Å². The first-order valence-electron chi connectivity index (χ1n) is 9.47. The van der Waals surface area contributed by atoms with Gasteiger partial charge in [-0.15, -0.1) is 11.3 Å². The third kappa shape index (κ3) is 5.87. The molecule has 0 bridgehead atoms. The minimum atomic E-state index is 0.294. The van der Waals surface area contributed by atoms with Crippen molar-refractivity contribution in [2.75, 3.05) is 13.1 Å². The average molecular weight is 376 g/mol. The molecule has 6 heteroatoms. The number of thiophene rings is 1. The predicted molar refractivity (Wildman–Crippen MR) is 112 cm³/mol. The largest absolute Gasteiger partial charge is 0.357 e. The monoisotopic (exact) mass is 375 g/mol. The first-order valence-corrected chi connectivity index (χ1v) is 10.3. The highest BCUT2D eigenvalue weighted by molar-refractivity contribution is 7.09. The zero-order valence-electron chi connectivity index (χ0n) is 17.0. The molecule has 2 rings (SSSR count). The van der Waals surface area contributed by atoms with E-state index in [1.54, 1.807) is 0 Å². The number of nitrogens with one attached hydrogen (secondary N) is 2. The van der Waals surface area contributed by atoms with Crippen molar-refractivity contribution in [3.63, 3.8) is 0 Å². The molecule has 2 heterocycles. The summed E-state index contributed by atoms with van der Waals surface area (Å²) in [5.41, 5.74) is 3.68. The van der Waals surface area contributed by atoms with Gasteiger partial charge in [-0.05, 0) is 63.5 Å². The molecule has 0 saturated carbocycles. The molecule has 26 heavy (non-hydrogen) atoms. The van der Waals surface area contributed by atoms with Gasteiger partial charge in [0.15, 0.2) is 5.96 Å². The molecule has 0 aliphatic rings. The van der Waals surface area contributed by atoms with E-state index >= 15 is 0 Å². The van der Waals surface area contributed by atoms with Gasteiger partial charge in [-0.2, -0.15) is 5.10 Å². The van der Waals surface area contributed by atoms with Gasteiger partial charge in [0, 0.05) is 36.8 Å². The fraction of sp³-hybridized carbons (Fsp3) is 0.600. The molecule has 144 valence electrons. The van der Waals surface area contributed by atoms with E-state index in [9.17, 15) is 0 Å². The van der Waals surface area contributed by atoms with Crippen LogP contribution in [-0.2, 0) is 19.9 Å². The van der Waals surface area contributed by atoms with E-state index in [1.165, 1.54) is 16.1 Å². The lowest BCUT2D eigenvalue weighted by molar-refractivity contribution is 0.586. The van der Waals surface area contributed by atoms with Crippen LogP contribution in [0.15, 0.2) is 22.5 Å². The van der Waals surface area contributed by atoms with E-state index in [-0.39, 0.29) is 0 Å². The summed E-state index contributed by atoms with van der Waals surface area (Å²) in [6.07, 6.45) is 2.03. The number of nitrogens with zero attached hydrogens (tertiary/aromatic N) is 3. The molecule has 0 aliphatic carbocycles. The second-order valence-corrected chi connectivity index (χ2v) is 8.16. The number of hydrogen-bond acceptors (Lipinski definition) is 3. The van der Waals surface area contributed by atoms with Crippen LogP contribution in [0.3, 0.4) is 0 Å². The highest BCUT2D eigenvalue weighted by Crippen LogP contribution is 2.15. The quantitative estimate of drug-likeness (QED) is 0.549. The molecule has 0 aromatic carbocycles. The van der Waals surface area contributed by atoms with Gasteiger partial charge in [0.2, 0.25) is 0 Å². The standard InChI is InChI=1S/C20H33N5S/c1-7-21-20(22-13-14(2)11-18-9-8-10-26-18)23-15(3)12-19-16(4)24-25(6)17(19)5/h8-10,14-15H,7,11-13H2,1-6H3,(H2,21,22,23). The van der Waals surface area contributed by atoms with Crippen LogP contribution >= 0.6 is 11.3 Å². The Kier molecular flexibility index (Phi) is 7.69. The zero-order valence-corrected chi connectivity index (χ0v) is 17.8. The minimum Gasteiger partial charge on any atom is -0.357 e. The first kappa shape index (κ1) is 20.5. The van der Waals surface area contributed by atoms with E-state index in [4.69, 9.17) is 4.99 Å². The van der Waals surface area contributed by atoms with Gasteiger partial charge >= 0.3 is 0 Å². The van der Waals surface area contributed by atoms with Crippen molar-refractivity contribution in [3.05, 3.63) is 39.3 Å². The van der Waals surface area contributed by atoms with Crippen molar-refractivity contribution in [2.45, 2.75) is 53.5 Å². The van der Waals surface area contributed by atoms with Crippen molar-refractivity contribution in [2.24, 2.45) is 18.0 Å². The predicted octanol–water partition coefficient (Wildman–Crippen LogP) is 3.46. The van der Waals surface area contributed by atoms with Crippen LogP contribution in [-0.4, -0.2) is 34.9 Å². The Morgan fingerprint density at radius 2 is 2.08 bits per heavy atom. The lowest BCUT2D eigenvalue weighted by Crippen LogP contribution is -2.43. The summed E-state index contributed by atoms with van der Waals surface area (Å²) in [6.45, 7) is 12.5. The van der Waals surface area contributed by atoms with Crippen molar-refractivity contribution in [1.29, 1.82) is 0 Å². The van der Waals surface area contributed by atoms with Gasteiger partial charge in [-0.3, -0.25) is 9.67 Å². The number of aromatic nitrogens is 2. The van der Waals surface area contributed by atoms with Crippen LogP contribution < -0.4 is 10.6 Å². The summed E-state index contributed by atoms with van der Waals surface area (Å²) in [7, 11) is 2.00. The summed E-state index contributed by atoms with van der Waals surface area (Å²) in [5, 5.41) is 13.6. The topological polar surface area (TPSA) is 54.2 Å². The van der Waals surface area contributed by atoms with Gasteiger partial charge in [-0.1, -0.05) is 13.0 Å². The highest BCUT2D eigenvalue weighted by Gasteiger charge is 2.14. The van der Waals surface area contributed by atoms with Gasteiger partial charge < -0.3 is 10.6 Å². The Morgan fingerprint density at radius 1 is 1.31 bits per heavy atom. The Labute approximate surface area is 161 Å². The Morgan fingerprint density at radius 3 is 2.65 bits per heavy atom. The van der Waals surface area contributed by atoms with Gasteiger partial charge in [0.1, 0.15) is 0 Å². The maximum absolute atomic E-state index is 4.80. The molecule has 5 nitrogen and oxygen atoms in total. The minimum absolute atomic E-state index is 0.294.